The molecule has 4 heteroatoms. The van der Waals surface area contributed by atoms with Crippen LogP contribution in [0.25, 0.3) is 0 Å². The van der Waals surface area contributed by atoms with Crippen molar-refractivity contribution in [2.24, 2.45) is 0 Å². The fourth-order valence-electron chi connectivity index (χ4n) is 2.12. The highest BCUT2D eigenvalue weighted by molar-refractivity contribution is 5.85. The van der Waals surface area contributed by atoms with Crippen molar-refractivity contribution in [3.63, 3.8) is 0 Å². The van der Waals surface area contributed by atoms with E-state index in [1.54, 1.807) is 7.11 Å². The Morgan fingerprint density at radius 1 is 1.47 bits per heavy atom. The topological polar surface area (TPSA) is 24.5 Å². The molecular weight excluding hydrogens is 236 g/mol. The number of benzene rings is 1. The van der Waals surface area contributed by atoms with Gasteiger partial charge in [-0.3, -0.25) is 4.90 Å². The van der Waals surface area contributed by atoms with Crippen LogP contribution in [0.4, 0.5) is 0 Å². The number of piperazine rings is 1. The monoisotopic (exact) mass is 256 g/mol. The molecule has 3 nitrogen and oxygen atoms in total. The van der Waals surface area contributed by atoms with Gasteiger partial charge < -0.3 is 10.1 Å². The Bertz CT molecular complexity index is 346. The summed E-state index contributed by atoms with van der Waals surface area (Å²) >= 11 is 0. The van der Waals surface area contributed by atoms with Gasteiger partial charge in [0.15, 0.2) is 0 Å². The van der Waals surface area contributed by atoms with E-state index >= 15 is 0 Å². The molecule has 0 bridgehead atoms. The van der Waals surface area contributed by atoms with Crippen LogP contribution in [0, 0.1) is 0 Å². The van der Waals surface area contributed by atoms with Crippen molar-refractivity contribution in [2.45, 2.75) is 19.5 Å². The molecule has 1 fully saturated rings. The van der Waals surface area contributed by atoms with E-state index < -0.39 is 0 Å². The zero-order valence-corrected chi connectivity index (χ0v) is 11.3. The van der Waals surface area contributed by atoms with Crippen molar-refractivity contribution < 1.29 is 4.74 Å². The van der Waals surface area contributed by atoms with E-state index in [-0.39, 0.29) is 12.4 Å². The number of nitrogens with zero attached hydrogens (tertiary/aromatic N) is 1. The molecule has 1 aromatic carbocycles. The van der Waals surface area contributed by atoms with Crippen LogP contribution in [-0.2, 0) is 6.54 Å². The van der Waals surface area contributed by atoms with Crippen LogP contribution in [0.2, 0.25) is 0 Å². The van der Waals surface area contributed by atoms with Gasteiger partial charge in [-0.1, -0.05) is 12.1 Å². The van der Waals surface area contributed by atoms with Gasteiger partial charge in [-0.15, -0.1) is 12.4 Å². The van der Waals surface area contributed by atoms with E-state index in [2.05, 4.69) is 35.3 Å². The minimum absolute atomic E-state index is 0. The van der Waals surface area contributed by atoms with E-state index in [1.807, 2.05) is 6.07 Å². The van der Waals surface area contributed by atoms with Crippen LogP contribution in [0.15, 0.2) is 24.3 Å². The van der Waals surface area contributed by atoms with Gasteiger partial charge >= 0.3 is 0 Å². The largest absolute Gasteiger partial charge is 0.497 e. The second kappa shape index (κ2) is 6.84. The Balaban J connectivity index is 0.00000144. The van der Waals surface area contributed by atoms with E-state index in [0.717, 1.165) is 31.9 Å². The van der Waals surface area contributed by atoms with Crippen molar-refractivity contribution in [3.05, 3.63) is 29.8 Å². The lowest BCUT2D eigenvalue weighted by atomic mass is 10.1. The van der Waals surface area contributed by atoms with Gasteiger partial charge in [0.2, 0.25) is 0 Å². The summed E-state index contributed by atoms with van der Waals surface area (Å²) < 4.78 is 5.24. The molecule has 0 aliphatic carbocycles. The summed E-state index contributed by atoms with van der Waals surface area (Å²) in [5.74, 6) is 0.945. The first-order chi connectivity index (χ1) is 7.79. The van der Waals surface area contributed by atoms with E-state index in [0.29, 0.717) is 6.04 Å². The van der Waals surface area contributed by atoms with Crippen molar-refractivity contribution in [3.8, 4) is 5.75 Å². The molecule has 0 saturated carbocycles. The maximum atomic E-state index is 5.24. The van der Waals surface area contributed by atoms with Crippen molar-refractivity contribution in [1.82, 2.24) is 10.2 Å². The molecule has 0 unspecified atom stereocenters. The smallest absolute Gasteiger partial charge is 0.119 e. The zero-order valence-electron chi connectivity index (χ0n) is 10.5. The molecule has 96 valence electrons. The third-order valence-electron chi connectivity index (χ3n) is 3.16. The fraction of sp³-hybridized carbons (Fsp3) is 0.538. The van der Waals surface area contributed by atoms with Crippen molar-refractivity contribution in [1.29, 1.82) is 0 Å². The molecule has 0 aromatic heterocycles. The van der Waals surface area contributed by atoms with Gasteiger partial charge in [0.25, 0.3) is 0 Å². The normalized spacial score (nSPS) is 20.7. The van der Waals surface area contributed by atoms with Crippen LogP contribution < -0.4 is 10.1 Å². The molecule has 1 saturated heterocycles. The lowest BCUT2D eigenvalue weighted by Gasteiger charge is -2.33. The quantitative estimate of drug-likeness (QED) is 0.894. The SMILES string of the molecule is COc1cccc(CN2CCNC[C@H]2C)c1.Cl. The molecule has 1 aromatic rings. The van der Waals surface area contributed by atoms with E-state index in [9.17, 15) is 0 Å². The number of halogens is 1. The Morgan fingerprint density at radius 2 is 2.29 bits per heavy atom. The Morgan fingerprint density at radius 3 is 3.00 bits per heavy atom. The average Bonchev–Trinajstić information content (AvgIpc) is 2.32. The number of hydrogen-bond acceptors (Lipinski definition) is 3. The summed E-state index contributed by atoms with van der Waals surface area (Å²) in [6.45, 7) is 6.59. The molecule has 0 radical (unpaired) electrons. The first-order valence-corrected chi connectivity index (χ1v) is 5.87. The Labute approximate surface area is 110 Å². The molecule has 0 spiro atoms. The van der Waals surface area contributed by atoms with E-state index in [1.165, 1.54) is 5.56 Å². The number of rotatable bonds is 3. The first kappa shape index (κ1) is 14.3. The van der Waals surface area contributed by atoms with Crippen LogP contribution in [0.5, 0.6) is 5.75 Å². The van der Waals surface area contributed by atoms with Gasteiger partial charge in [0, 0.05) is 32.2 Å². The van der Waals surface area contributed by atoms with Crippen LogP contribution in [0.1, 0.15) is 12.5 Å². The molecular formula is C13H21ClN2O. The third kappa shape index (κ3) is 3.87. The highest BCUT2D eigenvalue weighted by atomic mass is 35.5. The minimum Gasteiger partial charge on any atom is -0.497 e. The third-order valence-corrected chi connectivity index (χ3v) is 3.16. The Kier molecular flexibility index (Phi) is 5.75. The van der Waals surface area contributed by atoms with E-state index in [4.69, 9.17) is 4.74 Å². The molecule has 1 aliphatic heterocycles. The number of methoxy groups -OCH3 is 1. The summed E-state index contributed by atoms with van der Waals surface area (Å²) in [4.78, 5) is 2.51. The van der Waals surface area contributed by atoms with Crippen molar-refractivity contribution in [2.75, 3.05) is 26.7 Å². The summed E-state index contributed by atoms with van der Waals surface area (Å²) in [6.07, 6.45) is 0. The highest BCUT2D eigenvalue weighted by Crippen LogP contribution is 2.15. The van der Waals surface area contributed by atoms with Crippen LogP contribution in [-0.4, -0.2) is 37.7 Å². The molecule has 1 N–H and O–H groups in total. The number of ether oxygens (including phenoxy) is 1. The van der Waals surface area contributed by atoms with Gasteiger partial charge in [-0.25, -0.2) is 0 Å². The summed E-state index contributed by atoms with van der Waals surface area (Å²) in [5, 5.41) is 3.41. The molecule has 1 atom stereocenters. The minimum atomic E-state index is 0. The summed E-state index contributed by atoms with van der Waals surface area (Å²) in [6, 6.07) is 8.94. The number of nitrogens with one attached hydrogen (secondary N) is 1. The predicted octanol–water partition coefficient (Wildman–Crippen LogP) is 1.91. The van der Waals surface area contributed by atoms with Gasteiger partial charge in [-0.2, -0.15) is 0 Å². The van der Waals surface area contributed by atoms with Gasteiger partial charge in [-0.05, 0) is 24.6 Å². The highest BCUT2D eigenvalue weighted by Gasteiger charge is 2.17. The molecule has 0 amide bonds. The lowest BCUT2D eigenvalue weighted by Crippen LogP contribution is -2.49. The van der Waals surface area contributed by atoms with Crippen LogP contribution in [0.3, 0.4) is 0 Å². The lowest BCUT2D eigenvalue weighted by molar-refractivity contribution is 0.165. The molecule has 1 aliphatic rings. The van der Waals surface area contributed by atoms with Crippen LogP contribution >= 0.6 is 12.4 Å². The predicted molar refractivity (Wildman–Crippen MR) is 73.0 cm³/mol. The summed E-state index contributed by atoms with van der Waals surface area (Å²) in [7, 11) is 1.71. The maximum Gasteiger partial charge on any atom is 0.119 e. The molecule has 1 heterocycles. The molecule has 2 rings (SSSR count). The van der Waals surface area contributed by atoms with Gasteiger partial charge in [0.05, 0.1) is 7.11 Å². The standard InChI is InChI=1S/C13H20N2O.ClH/c1-11-9-14-6-7-15(11)10-12-4-3-5-13(8-12)16-2;/h3-5,8,11,14H,6-7,9-10H2,1-2H3;1H/t11-;/m1./s1. The van der Waals surface area contributed by atoms with Gasteiger partial charge in [0.1, 0.15) is 5.75 Å². The second-order valence-corrected chi connectivity index (χ2v) is 4.38. The van der Waals surface area contributed by atoms with Crippen molar-refractivity contribution >= 4 is 12.4 Å². The molecule has 17 heavy (non-hydrogen) atoms. The number of hydrogen-bond donors (Lipinski definition) is 1. The maximum absolute atomic E-state index is 5.24. The summed E-state index contributed by atoms with van der Waals surface area (Å²) in [5.41, 5.74) is 1.33. The zero-order chi connectivity index (χ0) is 11.4. The fourth-order valence-corrected chi connectivity index (χ4v) is 2.12. The second-order valence-electron chi connectivity index (χ2n) is 4.38. The average molecular weight is 257 g/mol. The first-order valence-electron chi connectivity index (χ1n) is 5.87. The Hall–Kier alpha value is -0.770.